The highest BCUT2D eigenvalue weighted by Crippen LogP contribution is 2.39. The van der Waals surface area contributed by atoms with E-state index >= 15 is 0 Å². The predicted molar refractivity (Wildman–Crippen MR) is 116 cm³/mol. The van der Waals surface area contributed by atoms with E-state index in [1.165, 1.54) is 19.3 Å². The number of ether oxygens (including phenoxy) is 1. The number of nitrogens with zero attached hydrogens (tertiary/aromatic N) is 2. The molecule has 1 saturated heterocycles. The van der Waals surface area contributed by atoms with Crippen molar-refractivity contribution < 1.29 is 19.4 Å². The highest BCUT2D eigenvalue weighted by molar-refractivity contribution is 6.09. The van der Waals surface area contributed by atoms with Crippen LogP contribution in [-0.2, 0) is 9.59 Å². The molecule has 0 saturated carbocycles. The van der Waals surface area contributed by atoms with E-state index in [-0.39, 0.29) is 17.3 Å². The van der Waals surface area contributed by atoms with Crippen molar-refractivity contribution in [1.29, 1.82) is 0 Å². The van der Waals surface area contributed by atoms with Crippen molar-refractivity contribution in [2.75, 3.05) is 32.8 Å². The molecule has 0 radical (unpaired) electrons. The van der Waals surface area contributed by atoms with Gasteiger partial charge >= 0.3 is 0 Å². The molecular weight excluding hydrogens is 380 g/mol. The number of ketones is 1. The van der Waals surface area contributed by atoms with Gasteiger partial charge in [0.2, 0.25) is 0 Å². The zero-order valence-electron chi connectivity index (χ0n) is 18.0. The minimum Gasteiger partial charge on any atom is -0.503 e. The van der Waals surface area contributed by atoms with Gasteiger partial charge in [0.15, 0.2) is 11.5 Å². The maximum absolute atomic E-state index is 13.0. The Morgan fingerprint density at radius 3 is 2.67 bits per heavy atom. The molecule has 1 atom stereocenters. The summed E-state index contributed by atoms with van der Waals surface area (Å²) in [6.45, 7) is 10.8. The summed E-state index contributed by atoms with van der Waals surface area (Å²) in [5.41, 5.74) is 0.950. The fourth-order valence-corrected chi connectivity index (χ4v) is 4.16. The van der Waals surface area contributed by atoms with Crippen LogP contribution in [0.25, 0.3) is 0 Å². The molecule has 0 aromatic heterocycles. The normalized spacial score (nSPS) is 20.2. The molecule has 1 aromatic carbocycles. The van der Waals surface area contributed by atoms with Crippen LogP contribution in [0.3, 0.4) is 0 Å². The third kappa shape index (κ3) is 4.75. The molecule has 1 amide bonds. The lowest BCUT2D eigenvalue weighted by molar-refractivity contribution is -0.129. The summed E-state index contributed by atoms with van der Waals surface area (Å²) < 4.78 is 5.65. The van der Waals surface area contributed by atoms with Crippen molar-refractivity contribution in [1.82, 2.24) is 9.80 Å². The monoisotopic (exact) mass is 412 g/mol. The maximum atomic E-state index is 13.0. The van der Waals surface area contributed by atoms with Crippen LogP contribution in [0.2, 0.25) is 0 Å². The number of amides is 1. The minimum absolute atomic E-state index is 0.189. The van der Waals surface area contributed by atoms with E-state index in [9.17, 15) is 14.7 Å². The summed E-state index contributed by atoms with van der Waals surface area (Å²) in [5, 5.41) is 10.6. The number of Topliss-reactive ketones (excluding diaryl/α,β-unsaturated/α-hetero) is 1. The van der Waals surface area contributed by atoms with E-state index in [1.54, 1.807) is 24.8 Å². The number of aliphatic hydroxyl groups is 1. The second-order valence-corrected chi connectivity index (χ2v) is 8.26. The highest BCUT2D eigenvalue weighted by atomic mass is 16.5. The quantitative estimate of drug-likeness (QED) is 0.627. The van der Waals surface area contributed by atoms with E-state index < -0.39 is 17.7 Å². The lowest BCUT2D eigenvalue weighted by atomic mass is 9.91. The van der Waals surface area contributed by atoms with Gasteiger partial charge in [-0.3, -0.25) is 9.59 Å². The average Bonchev–Trinajstić information content (AvgIpc) is 3.01. The Kier molecular flexibility index (Phi) is 7.32. The number of piperidine rings is 1. The average molecular weight is 413 g/mol. The minimum atomic E-state index is -0.607. The molecule has 0 aliphatic carbocycles. The van der Waals surface area contributed by atoms with Gasteiger partial charge in [0.05, 0.1) is 11.6 Å². The van der Waals surface area contributed by atoms with Crippen molar-refractivity contribution in [3.63, 3.8) is 0 Å². The molecule has 2 heterocycles. The van der Waals surface area contributed by atoms with Crippen molar-refractivity contribution >= 4 is 11.7 Å². The fraction of sp³-hybridized carbons (Fsp3) is 0.500. The number of carbonyl (C=O) groups is 2. The Hall–Kier alpha value is -2.60. The van der Waals surface area contributed by atoms with Crippen LogP contribution in [0.4, 0.5) is 0 Å². The number of benzene rings is 1. The number of likely N-dealkylation sites (tertiary alicyclic amines) is 1. The van der Waals surface area contributed by atoms with E-state index in [0.717, 1.165) is 25.2 Å². The predicted octanol–water partition coefficient (Wildman–Crippen LogP) is 3.66. The van der Waals surface area contributed by atoms with Crippen LogP contribution < -0.4 is 4.74 Å². The van der Waals surface area contributed by atoms with Crippen LogP contribution in [0.15, 0.2) is 48.3 Å². The first-order chi connectivity index (χ1) is 14.4. The third-order valence-corrected chi connectivity index (χ3v) is 5.74. The number of aliphatic hydroxyl groups excluding tert-OH is 1. The van der Waals surface area contributed by atoms with E-state index in [2.05, 4.69) is 11.5 Å². The molecule has 6 heteroatoms. The molecule has 1 fully saturated rings. The smallest absolute Gasteiger partial charge is 0.290 e. The van der Waals surface area contributed by atoms with Crippen LogP contribution in [0.5, 0.6) is 5.75 Å². The first-order valence-electron chi connectivity index (χ1n) is 10.8. The standard InChI is InChI=1S/C24H32N2O4/c1-4-15-30-19-10-8-9-18(16-19)21-20(22(27)17(2)3)23(28)24(29)26(21)14-13-25-11-6-5-7-12-25/h4,8-10,16-17,21,28H,1,5-7,11-15H2,2-3H3. The summed E-state index contributed by atoms with van der Waals surface area (Å²) >= 11 is 0. The molecule has 30 heavy (non-hydrogen) atoms. The highest BCUT2D eigenvalue weighted by Gasteiger charge is 2.44. The second kappa shape index (κ2) is 9.94. The number of rotatable bonds is 9. The molecule has 162 valence electrons. The van der Waals surface area contributed by atoms with E-state index in [4.69, 9.17) is 4.74 Å². The lowest BCUT2D eigenvalue weighted by Crippen LogP contribution is -2.40. The van der Waals surface area contributed by atoms with Crippen LogP contribution >= 0.6 is 0 Å². The fourth-order valence-electron chi connectivity index (χ4n) is 4.16. The summed E-state index contributed by atoms with van der Waals surface area (Å²) in [6, 6.07) is 6.77. The Balaban J connectivity index is 1.91. The molecule has 1 aromatic rings. The number of hydrogen-bond acceptors (Lipinski definition) is 5. The summed E-state index contributed by atoms with van der Waals surface area (Å²) in [5.74, 6) is -0.782. The first-order valence-corrected chi connectivity index (χ1v) is 10.8. The van der Waals surface area contributed by atoms with Gasteiger partial charge in [0.25, 0.3) is 5.91 Å². The van der Waals surface area contributed by atoms with Crippen molar-refractivity contribution in [3.8, 4) is 5.75 Å². The van der Waals surface area contributed by atoms with Gasteiger partial charge in [0, 0.05) is 19.0 Å². The third-order valence-electron chi connectivity index (χ3n) is 5.74. The van der Waals surface area contributed by atoms with Crippen LogP contribution in [0.1, 0.15) is 44.7 Å². The van der Waals surface area contributed by atoms with Crippen molar-refractivity contribution in [3.05, 3.63) is 53.8 Å². The molecule has 3 rings (SSSR count). The second-order valence-electron chi connectivity index (χ2n) is 8.26. The Morgan fingerprint density at radius 2 is 2.00 bits per heavy atom. The molecule has 2 aliphatic rings. The van der Waals surface area contributed by atoms with Crippen LogP contribution in [0, 0.1) is 5.92 Å². The van der Waals surface area contributed by atoms with E-state index in [1.807, 2.05) is 24.3 Å². The van der Waals surface area contributed by atoms with Gasteiger partial charge in [-0.1, -0.05) is 45.1 Å². The molecule has 2 aliphatic heterocycles. The summed E-state index contributed by atoms with van der Waals surface area (Å²) in [4.78, 5) is 29.9. The molecule has 1 unspecified atom stereocenters. The number of carbonyl (C=O) groups excluding carboxylic acids is 2. The Bertz CT molecular complexity index is 824. The van der Waals surface area contributed by atoms with Gasteiger partial charge in [-0.2, -0.15) is 0 Å². The lowest BCUT2D eigenvalue weighted by Gasteiger charge is -2.32. The molecule has 0 bridgehead atoms. The SMILES string of the molecule is C=CCOc1cccc(C2C(C(=O)C(C)C)=C(O)C(=O)N2CCN2CCCCC2)c1. The zero-order valence-corrected chi connectivity index (χ0v) is 18.0. The van der Waals surface area contributed by atoms with Crippen molar-refractivity contribution in [2.45, 2.75) is 39.2 Å². The van der Waals surface area contributed by atoms with Crippen molar-refractivity contribution in [2.24, 2.45) is 5.92 Å². The van der Waals surface area contributed by atoms with Gasteiger partial charge in [0.1, 0.15) is 12.4 Å². The van der Waals surface area contributed by atoms with Gasteiger partial charge in [-0.25, -0.2) is 0 Å². The topological polar surface area (TPSA) is 70.1 Å². The zero-order chi connectivity index (χ0) is 21.7. The summed E-state index contributed by atoms with van der Waals surface area (Å²) in [6.07, 6.45) is 5.24. The molecule has 0 spiro atoms. The molecule has 6 nitrogen and oxygen atoms in total. The number of hydrogen-bond donors (Lipinski definition) is 1. The Labute approximate surface area is 178 Å². The van der Waals surface area contributed by atoms with Gasteiger partial charge in [-0.05, 0) is 43.6 Å². The van der Waals surface area contributed by atoms with Gasteiger partial charge < -0.3 is 19.6 Å². The van der Waals surface area contributed by atoms with Gasteiger partial charge in [-0.15, -0.1) is 0 Å². The maximum Gasteiger partial charge on any atom is 0.290 e. The first kappa shape index (κ1) is 22.1. The largest absolute Gasteiger partial charge is 0.503 e. The molecular formula is C24H32N2O4. The Morgan fingerprint density at radius 1 is 1.27 bits per heavy atom. The molecule has 1 N–H and O–H groups in total. The van der Waals surface area contributed by atoms with Crippen LogP contribution in [-0.4, -0.2) is 59.4 Å². The summed E-state index contributed by atoms with van der Waals surface area (Å²) in [7, 11) is 0. The van der Waals surface area contributed by atoms with E-state index in [0.29, 0.717) is 18.9 Å².